The number of carbonyl (C=O) groups is 4. The highest BCUT2D eigenvalue weighted by molar-refractivity contribution is 6.04. The van der Waals surface area contributed by atoms with Gasteiger partial charge in [0.2, 0.25) is 0 Å². The molecule has 3 aromatic rings. The predicted octanol–water partition coefficient (Wildman–Crippen LogP) is 1.19. The zero-order valence-electron chi connectivity index (χ0n) is 16.7. The first-order valence-corrected chi connectivity index (χ1v) is 8.97. The molecule has 1 heterocycles. The summed E-state index contributed by atoms with van der Waals surface area (Å²) in [7, 11) is 2.38. The molecule has 0 atom stereocenters. The van der Waals surface area contributed by atoms with Crippen molar-refractivity contribution in [2.75, 3.05) is 26.1 Å². The van der Waals surface area contributed by atoms with Crippen LogP contribution >= 0.6 is 0 Å². The molecule has 0 spiro atoms. The second-order valence-corrected chi connectivity index (χ2v) is 6.19. The summed E-state index contributed by atoms with van der Waals surface area (Å²) in [6.45, 7) is -0.854. The smallest absolute Gasteiger partial charge is 0.339 e. The van der Waals surface area contributed by atoms with Gasteiger partial charge in [0.15, 0.2) is 6.61 Å². The van der Waals surface area contributed by atoms with Crippen LogP contribution in [0.4, 0.5) is 5.69 Å². The first-order valence-electron chi connectivity index (χ1n) is 8.97. The number of rotatable bonds is 7. The van der Waals surface area contributed by atoms with Gasteiger partial charge in [-0.3, -0.25) is 9.59 Å². The molecule has 31 heavy (non-hydrogen) atoms. The second kappa shape index (κ2) is 9.48. The Morgan fingerprint density at radius 2 is 1.74 bits per heavy atom. The molecular weight excluding hydrogens is 408 g/mol. The largest absolute Gasteiger partial charge is 0.465 e. The van der Waals surface area contributed by atoms with Crippen LogP contribution in [0.3, 0.4) is 0 Å². The Morgan fingerprint density at radius 3 is 2.48 bits per heavy atom. The minimum atomic E-state index is -0.721. The summed E-state index contributed by atoms with van der Waals surface area (Å²) >= 11 is 0. The maximum absolute atomic E-state index is 12.3. The van der Waals surface area contributed by atoms with Crippen LogP contribution in [0, 0.1) is 0 Å². The van der Waals surface area contributed by atoms with Crippen molar-refractivity contribution in [1.29, 1.82) is 0 Å². The number of carbonyl (C=O) groups excluding carboxylic acids is 4. The van der Waals surface area contributed by atoms with Crippen LogP contribution in [0.25, 0.3) is 11.0 Å². The van der Waals surface area contributed by atoms with E-state index in [4.69, 9.17) is 4.74 Å². The van der Waals surface area contributed by atoms with Crippen molar-refractivity contribution in [3.8, 4) is 0 Å². The van der Waals surface area contributed by atoms with Gasteiger partial charge in [0.1, 0.15) is 12.1 Å². The maximum Gasteiger partial charge on any atom is 0.339 e. The van der Waals surface area contributed by atoms with E-state index in [1.807, 2.05) is 0 Å². The lowest BCUT2D eigenvalue weighted by Gasteiger charge is -2.11. The van der Waals surface area contributed by atoms with Gasteiger partial charge in [0.05, 0.1) is 36.6 Å². The summed E-state index contributed by atoms with van der Waals surface area (Å²) in [5.74, 6) is -2.80. The Balaban J connectivity index is 1.65. The van der Waals surface area contributed by atoms with Gasteiger partial charge in [-0.25, -0.2) is 14.3 Å². The summed E-state index contributed by atoms with van der Waals surface area (Å²) in [5, 5.41) is 10.2. The molecule has 1 amide bonds. The molecule has 0 saturated carbocycles. The van der Waals surface area contributed by atoms with E-state index in [1.165, 1.54) is 37.1 Å². The number of esters is 3. The van der Waals surface area contributed by atoms with Crippen molar-refractivity contribution in [3.63, 3.8) is 0 Å². The number of aromatic nitrogens is 3. The lowest BCUT2D eigenvalue weighted by atomic mass is 10.1. The number of ether oxygens (including phenoxy) is 3. The van der Waals surface area contributed by atoms with Gasteiger partial charge >= 0.3 is 17.9 Å². The number of amides is 1. The average Bonchev–Trinajstić information content (AvgIpc) is 3.19. The van der Waals surface area contributed by atoms with E-state index in [9.17, 15) is 19.2 Å². The van der Waals surface area contributed by atoms with Crippen molar-refractivity contribution < 1.29 is 33.4 Å². The second-order valence-electron chi connectivity index (χ2n) is 6.19. The molecule has 11 nitrogen and oxygen atoms in total. The molecule has 0 unspecified atom stereocenters. The minimum absolute atomic E-state index is 0.0121. The molecule has 0 aliphatic rings. The summed E-state index contributed by atoms with van der Waals surface area (Å²) in [6, 6.07) is 11.0. The molecule has 0 radical (unpaired) electrons. The lowest BCUT2D eigenvalue weighted by Crippen LogP contribution is -2.24. The van der Waals surface area contributed by atoms with Crippen molar-refractivity contribution in [2.45, 2.75) is 6.54 Å². The Kier molecular flexibility index (Phi) is 6.55. The third-order valence-electron chi connectivity index (χ3n) is 4.18. The summed E-state index contributed by atoms with van der Waals surface area (Å²) < 4.78 is 15.6. The molecule has 11 heteroatoms. The zero-order valence-corrected chi connectivity index (χ0v) is 16.7. The molecule has 0 fully saturated rings. The monoisotopic (exact) mass is 426 g/mol. The van der Waals surface area contributed by atoms with E-state index in [0.717, 1.165) is 0 Å². The van der Waals surface area contributed by atoms with Gasteiger partial charge in [-0.1, -0.05) is 17.3 Å². The van der Waals surface area contributed by atoms with Gasteiger partial charge in [0, 0.05) is 0 Å². The van der Waals surface area contributed by atoms with E-state index in [-0.39, 0.29) is 23.4 Å². The van der Waals surface area contributed by atoms with E-state index < -0.39 is 30.4 Å². The Morgan fingerprint density at radius 1 is 1.00 bits per heavy atom. The molecule has 0 aliphatic carbocycles. The van der Waals surface area contributed by atoms with Crippen LogP contribution < -0.4 is 5.32 Å². The molecule has 0 aliphatic heterocycles. The topological polar surface area (TPSA) is 139 Å². The number of nitrogens with zero attached hydrogens (tertiary/aromatic N) is 3. The quantitative estimate of drug-likeness (QED) is 0.436. The number of methoxy groups -OCH3 is 2. The molecule has 0 bridgehead atoms. The first kappa shape index (κ1) is 21.4. The van der Waals surface area contributed by atoms with Gasteiger partial charge in [0.25, 0.3) is 5.91 Å². The number of hydrogen-bond acceptors (Lipinski definition) is 9. The maximum atomic E-state index is 12.3. The van der Waals surface area contributed by atoms with Crippen LogP contribution in [0.5, 0.6) is 0 Å². The van der Waals surface area contributed by atoms with Crippen molar-refractivity contribution in [2.24, 2.45) is 0 Å². The van der Waals surface area contributed by atoms with E-state index in [2.05, 4.69) is 25.1 Å². The Hall–Kier alpha value is -4.28. The van der Waals surface area contributed by atoms with E-state index in [1.54, 1.807) is 24.3 Å². The van der Waals surface area contributed by atoms with Crippen molar-refractivity contribution in [3.05, 3.63) is 53.6 Å². The predicted molar refractivity (Wildman–Crippen MR) is 106 cm³/mol. The van der Waals surface area contributed by atoms with Gasteiger partial charge < -0.3 is 19.5 Å². The van der Waals surface area contributed by atoms with Crippen LogP contribution in [-0.2, 0) is 30.3 Å². The summed E-state index contributed by atoms with van der Waals surface area (Å²) in [6.07, 6.45) is 0. The number of nitrogens with one attached hydrogen (secondary N) is 1. The molecular formula is C20H18N4O7. The fourth-order valence-corrected chi connectivity index (χ4v) is 2.71. The highest BCUT2D eigenvalue weighted by Gasteiger charge is 2.18. The number of benzene rings is 2. The van der Waals surface area contributed by atoms with E-state index in [0.29, 0.717) is 11.0 Å². The first-order chi connectivity index (χ1) is 14.9. The fraction of sp³-hybridized carbons (Fsp3) is 0.200. The van der Waals surface area contributed by atoms with Crippen LogP contribution in [0.1, 0.15) is 20.7 Å². The lowest BCUT2D eigenvalue weighted by molar-refractivity contribution is -0.148. The number of para-hydroxylation sites is 1. The van der Waals surface area contributed by atoms with E-state index >= 15 is 0 Å². The Labute approximate surface area is 175 Å². The average molecular weight is 426 g/mol. The zero-order chi connectivity index (χ0) is 22.4. The fourth-order valence-electron chi connectivity index (χ4n) is 2.71. The molecule has 2 aromatic carbocycles. The third kappa shape index (κ3) is 5.01. The number of anilines is 1. The normalized spacial score (nSPS) is 10.4. The van der Waals surface area contributed by atoms with Crippen LogP contribution in [-0.4, -0.2) is 59.6 Å². The SMILES string of the molecule is COC(=O)c1ccc(C(=O)OC)c(NC(=O)COC(=O)Cn2nnc3ccccc32)c1. The highest BCUT2D eigenvalue weighted by atomic mass is 16.5. The highest BCUT2D eigenvalue weighted by Crippen LogP contribution is 2.20. The van der Waals surface area contributed by atoms with Crippen LogP contribution in [0.2, 0.25) is 0 Å². The van der Waals surface area contributed by atoms with Gasteiger partial charge in [-0.15, -0.1) is 5.10 Å². The summed E-state index contributed by atoms with van der Waals surface area (Å²) in [4.78, 5) is 48.0. The molecule has 3 rings (SSSR count). The number of fused-ring (bicyclic) bond motifs is 1. The van der Waals surface area contributed by atoms with Gasteiger partial charge in [-0.2, -0.15) is 0 Å². The van der Waals surface area contributed by atoms with Gasteiger partial charge in [-0.05, 0) is 30.3 Å². The third-order valence-corrected chi connectivity index (χ3v) is 4.18. The van der Waals surface area contributed by atoms with Crippen molar-refractivity contribution in [1.82, 2.24) is 15.0 Å². The number of hydrogen-bond donors (Lipinski definition) is 1. The summed E-state index contributed by atoms with van der Waals surface area (Å²) in [5.41, 5.74) is 1.41. The molecule has 1 aromatic heterocycles. The minimum Gasteiger partial charge on any atom is -0.465 e. The van der Waals surface area contributed by atoms with Crippen LogP contribution in [0.15, 0.2) is 42.5 Å². The van der Waals surface area contributed by atoms with Crippen molar-refractivity contribution >= 4 is 40.5 Å². The standard InChI is InChI=1S/C20H18N4O7/c1-29-19(27)12-7-8-13(20(28)30-2)15(9-12)21-17(25)11-31-18(26)10-24-16-6-4-3-5-14(16)22-23-24/h3-9H,10-11H2,1-2H3,(H,21,25). The molecule has 160 valence electrons. The Bertz CT molecular complexity index is 1160. The molecule has 1 N–H and O–H groups in total. The molecule has 0 saturated heterocycles.